The Hall–Kier alpha value is -7.68. The Morgan fingerprint density at radius 3 is 1.47 bits per heavy atom. The number of furan rings is 1. The molecule has 0 unspecified atom stereocenters. The Labute approximate surface area is 341 Å². The molecule has 2 aliphatic rings. The van der Waals surface area contributed by atoms with Crippen molar-refractivity contribution < 1.29 is 4.42 Å². The van der Waals surface area contributed by atoms with Gasteiger partial charge in [-0.3, -0.25) is 0 Å². The second-order valence-corrected chi connectivity index (χ2v) is 15.9. The highest BCUT2D eigenvalue weighted by atomic mass is 16.3. The standard InChI is InChI=1S/C57H35NO/c1-3-17-36(18-4-1)48-33-39(35-53-54(48)55-46-26-9-7-21-40(46)41-22-8-10-27-47(41)56(55)59-53)58(37-19-5-2-6-20-37)38-31-32-45-44-25-13-16-30-51(44)57(52(45)34-38)49-28-14-11-23-42(49)43-24-12-15-29-50(43)57/h1-35H. The Balaban J connectivity index is 1.12. The van der Waals surface area contributed by atoms with Crippen LogP contribution >= 0.6 is 0 Å². The molecule has 0 fully saturated rings. The molecule has 0 N–H and O–H groups in total. The summed E-state index contributed by atoms with van der Waals surface area (Å²) in [4.78, 5) is 2.42. The fourth-order valence-corrected chi connectivity index (χ4v) is 10.7. The van der Waals surface area contributed by atoms with Gasteiger partial charge < -0.3 is 9.32 Å². The molecule has 0 saturated heterocycles. The summed E-state index contributed by atoms with van der Waals surface area (Å²) in [6.45, 7) is 0. The second kappa shape index (κ2) is 12.2. The molecule has 2 nitrogen and oxygen atoms in total. The highest BCUT2D eigenvalue weighted by Gasteiger charge is 2.51. The summed E-state index contributed by atoms with van der Waals surface area (Å²) in [6, 6.07) is 77.8. The third-order valence-corrected chi connectivity index (χ3v) is 13.0. The zero-order valence-corrected chi connectivity index (χ0v) is 32.1. The topological polar surface area (TPSA) is 16.4 Å². The average Bonchev–Trinajstić information content (AvgIpc) is 3.94. The second-order valence-electron chi connectivity index (χ2n) is 15.9. The molecule has 0 saturated carbocycles. The van der Waals surface area contributed by atoms with Gasteiger partial charge in [-0.25, -0.2) is 0 Å². The summed E-state index contributed by atoms with van der Waals surface area (Å²) in [6.07, 6.45) is 0. The van der Waals surface area contributed by atoms with Crippen LogP contribution in [0.3, 0.4) is 0 Å². The highest BCUT2D eigenvalue weighted by Crippen LogP contribution is 2.63. The Morgan fingerprint density at radius 1 is 0.322 bits per heavy atom. The van der Waals surface area contributed by atoms with E-state index in [4.69, 9.17) is 4.42 Å². The molecule has 2 aliphatic carbocycles. The van der Waals surface area contributed by atoms with Crippen molar-refractivity contribution in [3.05, 3.63) is 235 Å². The van der Waals surface area contributed by atoms with E-state index in [2.05, 4.69) is 217 Å². The third kappa shape index (κ3) is 4.35. The molecule has 10 aromatic carbocycles. The number of benzene rings is 10. The fourth-order valence-electron chi connectivity index (χ4n) is 10.7. The average molecular weight is 750 g/mol. The molecule has 274 valence electrons. The first kappa shape index (κ1) is 32.4. The maximum atomic E-state index is 7.14. The molecule has 0 radical (unpaired) electrons. The van der Waals surface area contributed by atoms with E-state index in [1.54, 1.807) is 0 Å². The van der Waals surface area contributed by atoms with Crippen molar-refractivity contribution in [2.75, 3.05) is 4.90 Å². The van der Waals surface area contributed by atoms with Gasteiger partial charge in [0.15, 0.2) is 0 Å². The summed E-state index contributed by atoms with van der Waals surface area (Å²) in [5.41, 5.74) is 17.3. The molecule has 11 aromatic rings. The molecule has 0 atom stereocenters. The van der Waals surface area contributed by atoms with Crippen LogP contribution in [0, 0.1) is 0 Å². The summed E-state index contributed by atoms with van der Waals surface area (Å²) < 4.78 is 7.14. The first-order valence-corrected chi connectivity index (χ1v) is 20.4. The van der Waals surface area contributed by atoms with E-state index >= 15 is 0 Å². The molecular weight excluding hydrogens is 715 g/mol. The van der Waals surface area contributed by atoms with Crippen molar-refractivity contribution in [2.45, 2.75) is 5.41 Å². The predicted molar refractivity (Wildman–Crippen MR) is 245 cm³/mol. The van der Waals surface area contributed by atoms with Crippen LogP contribution in [0.4, 0.5) is 17.1 Å². The molecule has 13 rings (SSSR count). The highest BCUT2D eigenvalue weighted by molar-refractivity contribution is 6.32. The molecule has 0 aliphatic heterocycles. The molecular formula is C57H35NO. The molecule has 1 aromatic heterocycles. The van der Waals surface area contributed by atoms with Gasteiger partial charge in [-0.05, 0) is 102 Å². The van der Waals surface area contributed by atoms with E-state index in [0.29, 0.717) is 0 Å². The third-order valence-electron chi connectivity index (χ3n) is 13.0. The van der Waals surface area contributed by atoms with Crippen LogP contribution in [0.15, 0.2) is 217 Å². The minimum Gasteiger partial charge on any atom is -0.455 e. The van der Waals surface area contributed by atoms with Crippen LogP contribution in [0.5, 0.6) is 0 Å². The van der Waals surface area contributed by atoms with Gasteiger partial charge in [0.25, 0.3) is 0 Å². The lowest BCUT2D eigenvalue weighted by Crippen LogP contribution is -2.26. The largest absolute Gasteiger partial charge is 0.455 e. The summed E-state index contributed by atoms with van der Waals surface area (Å²) in [7, 11) is 0. The molecule has 0 amide bonds. The van der Waals surface area contributed by atoms with Gasteiger partial charge in [0.05, 0.1) is 11.1 Å². The minimum absolute atomic E-state index is 0.447. The normalized spacial score (nSPS) is 13.2. The van der Waals surface area contributed by atoms with Crippen LogP contribution in [-0.4, -0.2) is 0 Å². The van der Waals surface area contributed by atoms with E-state index in [0.717, 1.165) is 55.5 Å². The smallest absolute Gasteiger partial charge is 0.143 e. The van der Waals surface area contributed by atoms with Crippen molar-refractivity contribution in [2.24, 2.45) is 0 Å². The number of hydrogen-bond donors (Lipinski definition) is 0. The predicted octanol–water partition coefficient (Wildman–Crippen LogP) is 15.4. The Bertz CT molecular complexity index is 3440. The van der Waals surface area contributed by atoms with Gasteiger partial charge in [0, 0.05) is 33.6 Å². The van der Waals surface area contributed by atoms with Gasteiger partial charge in [-0.15, -0.1) is 0 Å². The van der Waals surface area contributed by atoms with Gasteiger partial charge in [-0.1, -0.05) is 176 Å². The monoisotopic (exact) mass is 749 g/mol. The lowest BCUT2D eigenvalue weighted by atomic mass is 9.70. The van der Waals surface area contributed by atoms with E-state index in [1.165, 1.54) is 60.7 Å². The van der Waals surface area contributed by atoms with Gasteiger partial charge in [-0.2, -0.15) is 0 Å². The lowest BCUT2D eigenvalue weighted by molar-refractivity contribution is 0.673. The van der Waals surface area contributed by atoms with Gasteiger partial charge >= 0.3 is 0 Å². The van der Waals surface area contributed by atoms with Crippen molar-refractivity contribution in [1.29, 1.82) is 0 Å². The lowest BCUT2D eigenvalue weighted by Gasteiger charge is -2.32. The maximum Gasteiger partial charge on any atom is 0.143 e. The molecule has 0 bridgehead atoms. The number of nitrogens with zero attached hydrogens (tertiary/aromatic N) is 1. The number of para-hydroxylation sites is 1. The number of anilines is 3. The molecule has 1 heterocycles. The number of hydrogen-bond acceptors (Lipinski definition) is 2. The molecule has 2 heteroatoms. The van der Waals surface area contributed by atoms with Gasteiger partial charge in [0.2, 0.25) is 0 Å². The first-order chi connectivity index (χ1) is 29.3. The summed E-state index contributed by atoms with van der Waals surface area (Å²) in [5, 5.41) is 7.04. The van der Waals surface area contributed by atoms with Crippen LogP contribution in [0.2, 0.25) is 0 Å². The van der Waals surface area contributed by atoms with Gasteiger partial charge in [0.1, 0.15) is 11.2 Å². The van der Waals surface area contributed by atoms with Crippen LogP contribution in [0.1, 0.15) is 22.3 Å². The summed E-state index contributed by atoms with van der Waals surface area (Å²) in [5.74, 6) is 0. The Morgan fingerprint density at radius 2 is 0.831 bits per heavy atom. The zero-order valence-electron chi connectivity index (χ0n) is 32.1. The zero-order chi connectivity index (χ0) is 38.7. The van der Waals surface area contributed by atoms with E-state index < -0.39 is 5.41 Å². The quantitative estimate of drug-likeness (QED) is 0.167. The van der Waals surface area contributed by atoms with Crippen molar-refractivity contribution in [3.8, 4) is 33.4 Å². The minimum atomic E-state index is -0.447. The van der Waals surface area contributed by atoms with Crippen molar-refractivity contribution in [3.63, 3.8) is 0 Å². The van der Waals surface area contributed by atoms with E-state index in [9.17, 15) is 0 Å². The van der Waals surface area contributed by atoms with Crippen LogP contribution in [0.25, 0.3) is 76.9 Å². The molecule has 59 heavy (non-hydrogen) atoms. The van der Waals surface area contributed by atoms with Crippen molar-refractivity contribution >= 4 is 60.5 Å². The number of fused-ring (bicyclic) bond motifs is 18. The molecule has 1 spiro atoms. The number of rotatable bonds is 4. The summed E-state index contributed by atoms with van der Waals surface area (Å²) >= 11 is 0. The van der Waals surface area contributed by atoms with Crippen LogP contribution < -0.4 is 4.90 Å². The Kier molecular flexibility index (Phi) is 6.68. The fraction of sp³-hybridized carbons (Fsp3) is 0.0175. The van der Waals surface area contributed by atoms with E-state index in [1.807, 2.05) is 0 Å². The first-order valence-electron chi connectivity index (χ1n) is 20.4. The van der Waals surface area contributed by atoms with E-state index in [-0.39, 0.29) is 0 Å². The van der Waals surface area contributed by atoms with Crippen LogP contribution in [-0.2, 0) is 5.41 Å². The SMILES string of the molecule is c1ccc(-c2cc(N(c3ccccc3)c3ccc4c(c3)C3(c5ccccc5-c5ccccc53)c3ccccc3-4)cc3oc4c5ccccc5c5ccccc5c4c23)cc1. The van der Waals surface area contributed by atoms with Crippen molar-refractivity contribution in [1.82, 2.24) is 0 Å². The maximum absolute atomic E-state index is 7.14.